The predicted octanol–water partition coefficient (Wildman–Crippen LogP) is 1.65. The maximum atomic E-state index is 13.0. The molecule has 3 N–H and O–H groups in total. The van der Waals surface area contributed by atoms with Crippen molar-refractivity contribution in [2.75, 3.05) is 10.6 Å². The van der Waals surface area contributed by atoms with Crippen LogP contribution in [0.15, 0.2) is 30.6 Å². The molecule has 17 heavy (non-hydrogen) atoms. The van der Waals surface area contributed by atoms with Gasteiger partial charge in [0.2, 0.25) is 0 Å². The van der Waals surface area contributed by atoms with Crippen LogP contribution in [0.25, 0.3) is 0 Å². The normalized spacial score (nSPS) is 17.7. The van der Waals surface area contributed by atoms with Gasteiger partial charge in [-0.1, -0.05) is 6.07 Å². The highest BCUT2D eigenvalue weighted by atomic mass is 19.1. The molecule has 1 unspecified atom stereocenters. The third-order valence-electron chi connectivity index (χ3n) is 2.66. The average molecular weight is 232 g/mol. The molecule has 0 saturated carbocycles. The summed E-state index contributed by atoms with van der Waals surface area (Å²) >= 11 is 0. The number of H-pyrrole nitrogens is 1. The zero-order valence-corrected chi connectivity index (χ0v) is 8.70. The quantitative estimate of drug-likeness (QED) is 0.737. The van der Waals surface area contributed by atoms with Crippen molar-refractivity contribution in [1.29, 1.82) is 0 Å². The van der Waals surface area contributed by atoms with E-state index in [9.17, 15) is 9.18 Å². The molecule has 5 nitrogen and oxygen atoms in total. The Morgan fingerprint density at radius 3 is 3.06 bits per heavy atom. The molecule has 0 fully saturated rings. The number of halogens is 1. The molecule has 1 aliphatic heterocycles. The number of aromatic amines is 1. The third kappa shape index (κ3) is 1.63. The third-order valence-corrected chi connectivity index (χ3v) is 2.66. The highest BCUT2D eigenvalue weighted by Crippen LogP contribution is 2.33. The van der Waals surface area contributed by atoms with Crippen molar-refractivity contribution in [2.24, 2.45) is 0 Å². The molecule has 1 aromatic carbocycles. The molecule has 1 atom stereocenters. The van der Waals surface area contributed by atoms with Gasteiger partial charge >= 0.3 is 0 Å². The highest BCUT2D eigenvalue weighted by molar-refractivity contribution is 6.04. The fourth-order valence-corrected chi connectivity index (χ4v) is 1.87. The van der Waals surface area contributed by atoms with Crippen LogP contribution < -0.4 is 10.6 Å². The Morgan fingerprint density at radius 2 is 2.29 bits per heavy atom. The summed E-state index contributed by atoms with van der Waals surface area (Å²) in [5, 5.41) is 12.1. The summed E-state index contributed by atoms with van der Waals surface area (Å²) in [7, 11) is 0. The van der Waals surface area contributed by atoms with E-state index in [0.717, 1.165) is 5.56 Å². The van der Waals surface area contributed by atoms with Crippen molar-refractivity contribution in [3.8, 4) is 0 Å². The van der Waals surface area contributed by atoms with Gasteiger partial charge in [0.05, 0.1) is 11.9 Å². The summed E-state index contributed by atoms with van der Waals surface area (Å²) in [5.74, 6) is -0.570. The van der Waals surface area contributed by atoms with Gasteiger partial charge in [-0.3, -0.25) is 9.89 Å². The Labute approximate surface area is 96.0 Å². The topological polar surface area (TPSA) is 69.8 Å². The van der Waals surface area contributed by atoms with Crippen LogP contribution in [0.5, 0.6) is 0 Å². The second-order valence-electron chi connectivity index (χ2n) is 3.79. The van der Waals surface area contributed by atoms with Gasteiger partial charge in [0, 0.05) is 17.4 Å². The van der Waals surface area contributed by atoms with E-state index >= 15 is 0 Å². The van der Waals surface area contributed by atoms with Crippen molar-refractivity contribution in [3.63, 3.8) is 0 Å². The van der Waals surface area contributed by atoms with E-state index in [1.165, 1.54) is 12.1 Å². The van der Waals surface area contributed by atoms with Crippen LogP contribution in [0.2, 0.25) is 0 Å². The summed E-state index contributed by atoms with van der Waals surface area (Å²) in [6.45, 7) is 0. The smallest absolute Gasteiger partial charge is 0.251 e. The van der Waals surface area contributed by atoms with Gasteiger partial charge in [0.1, 0.15) is 11.9 Å². The highest BCUT2D eigenvalue weighted by Gasteiger charge is 2.30. The Morgan fingerprint density at radius 1 is 1.41 bits per heavy atom. The van der Waals surface area contributed by atoms with E-state index in [1.807, 2.05) is 0 Å². The first kappa shape index (κ1) is 9.83. The lowest BCUT2D eigenvalue weighted by Crippen LogP contribution is -2.19. The number of hydrogen-bond donors (Lipinski definition) is 3. The molecular formula is C11H9FN4O. The lowest BCUT2D eigenvalue weighted by molar-refractivity contribution is -0.116. The van der Waals surface area contributed by atoms with Crippen LogP contribution in [-0.2, 0) is 4.79 Å². The molecule has 2 aromatic rings. The van der Waals surface area contributed by atoms with Crippen LogP contribution in [0, 0.1) is 5.82 Å². The fourth-order valence-electron chi connectivity index (χ4n) is 1.87. The van der Waals surface area contributed by atoms with Crippen molar-refractivity contribution >= 4 is 17.3 Å². The van der Waals surface area contributed by atoms with Crippen LogP contribution >= 0.6 is 0 Å². The van der Waals surface area contributed by atoms with Crippen molar-refractivity contribution in [3.05, 3.63) is 42.0 Å². The Balaban J connectivity index is 1.94. The Kier molecular flexibility index (Phi) is 2.07. The number of carbonyl (C=O) groups excluding carboxylic acids is 1. The van der Waals surface area contributed by atoms with E-state index < -0.39 is 6.04 Å². The second kappa shape index (κ2) is 3.58. The number of rotatable bonds is 2. The van der Waals surface area contributed by atoms with E-state index in [4.69, 9.17) is 0 Å². The number of anilines is 2. The number of carbonyl (C=O) groups is 1. The number of fused-ring (bicyclic) bond motifs is 1. The molecule has 1 aliphatic rings. The van der Waals surface area contributed by atoms with Gasteiger partial charge in [-0.2, -0.15) is 5.10 Å². The van der Waals surface area contributed by atoms with E-state index in [-0.39, 0.29) is 11.7 Å². The lowest BCUT2D eigenvalue weighted by atomic mass is 10.1. The number of amides is 1. The minimum atomic E-state index is -0.511. The molecule has 0 spiro atoms. The molecule has 0 radical (unpaired) electrons. The summed E-state index contributed by atoms with van der Waals surface area (Å²) in [6.07, 6.45) is 3.23. The standard InChI is InChI=1S/C11H9FN4O/c12-6-1-2-8-9(3-6)16-11(17)10(8)15-7-4-13-14-5-7/h1-5,10,15H,(H,13,14)(H,16,17). The van der Waals surface area contributed by atoms with Gasteiger partial charge in [-0.05, 0) is 12.1 Å². The molecule has 1 amide bonds. The molecular weight excluding hydrogens is 223 g/mol. The first-order valence-electron chi connectivity index (χ1n) is 5.09. The summed E-state index contributed by atoms with van der Waals surface area (Å²) in [5.41, 5.74) is 1.95. The molecule has 0 aliphatic carbocycles. The van der Waals surface area contributed by atoms with Crippen LogP contribution in [-0.4, -0.2) is 16.1 Å². The van der Waals surface area contributed by atoms with E-state index in [0.29, 0.717) is 11.4 Å². The molecule has 0 saturated heterocycles. The van der Waals surface area contributed by atoms with Crippen LogP contribution in [0.1, 0.15) is 11.6 Å². The SMILES string of the molecule is O=C1Nc2cc(F)ccc2C1Nc1cn[nH]c1. The molecule has 1 aromatic heterocycles. The minimum absolute atomic E-state index is 0.202. The summed E-state index contributed by atoms with van der Waals surface area (Å²) in [4.78, 5) is 11.7. The van der Waals surface area contributed by atoms with Gasteiger partial charge in [-0.15, -0.1) is 0 Å². The first-order chi connectivity index (χ1) is 8.24. The molecule has 86 valence electrons. The lowest BCUT2D eigenvalue weighted by Gasteiger charge is -2.10. The number of benzene rings is 1. The molecule has 2 heterocycles. The van der Waals surface area contributed by atoms with Crippen molar-refractivity contribution < 1.29 is 9.18 Å². The second-order valence-corrected chi connectivity index (χ2v) is 3.79. The number of aromatic nitrogens is 2. The maximum absolute atomic E-state index is 13.0. The Bertz CT molecular complexity index is 567. The number of nitrogens with zero attached hydrogens (tertiary/aromatic N) is 1. The predicted molar refractivity (Wildman–Crippen MR) is 60.0 cm³/mol. The van der Waals surface area contributed by atoms with Gasteiger partial charge < -0.3 is 10.6 Å². The van der Waals surface area contributed by atoms with Gasteiger partial charge in [0.25, 0.3) is 5.91 Å². The van der Waals surface area contributed by atoms with Gasteiger partial charge in [0.15, 0.2) is 0 Å². The largest absolute Gasteiger partial charge is 0.367 e. The average Bonchev–Trinajstić information content (AvgIpc) is 2.88. The number of hydrogen-bond acceptors (Lipinski definition) is 3. The summed E-state index contributed by atoms with van der Waals surface area (Å²) in [6, 6.07) is 3.73. The van der Waals surface area contributed by atoms with Crippen molar-refractivity contribution in [2.45, 2.75) is 6.04 Å². The fraction of sp³-hybridized carbons (Fsp3) is 0.0909. The van der Waals surface area contributed by atoms with Crippen LogP contribution in [0.3, 0.4) is 0 Å². The van der Waals surface area contributed by atoms with E-state index in [2.05, 4.69) is 20.8 Å². The Hall–Kier alpha value is -2.37. The van der Waals surface area contributed by atoms with Crippen LogP contribution in [0.4, 0.5) is 15.8 Å². The van der Waals surface area contributed by atoms with Crippen molar-refractivity contribution in [1.82, 2.24) is 10.2 Å². The zero-order chi connectivity index (χ0) is 11.8. The molecule has 6 heteroatoms. The minimum Gasteiger partial charge on any atom is -0.367 e. The zero-order valence-electron chi connectivity index (χ0n) is 8.70. The first-order valence-corrected chi connectivity index (χ1v) is 5.09. The maximum Gasteiger partial charge on any atom is 0.251 e. The molecule has 0 bridgehead atoms. The molecule has 3 rings (SSSR count). The summed E-state index contributed by atoms with van der Waals surface area (Å²) < 4.78 is 13.0. The monoisotopic (exact) mass is 232 g/mol. The van der Waals surface area contributed by atoms with Gasteiger partial charge in [-0.25, -0.2) is 4.39 Å². The van der Waals surface area contributed by atoms with E-state index in [1.54, 1.807) is 18.5 Å². The number of nitrogens with one attached hydrogen (secondary N) is 3.